The van der Waals surface area contributed by atoms with Crippen LogP contribution >= 0.6 is 11.6 Å². The smallest absolute Gasteiger partial charge is 0.338 e. The van der Waals surface area contributed by atoms with Gasteiger partial charge in [-0.15, -0.1) is 0 Å². The quantitative estimate of drug-likeness (QED) is 0.435. The molecule has 4 atom stereocenters. The molecule has 0 saturated carbocycles. The van der Waals surface area contributed by atoms with E-state index in [0.717, 1.165) is 22.0 Å². The van der Waals surface area contributed by atoms with Crippen LogP contribution in [0.4, 0.5) is 0 Å². The van der Waals surface area contributed by atoms with Gasteiger partial charge in [-0.1, -0.05) is 41.9 Å². The predicted molar refractivity (Wildman–Crippen MR) is 121 cm³/mol. The summed E-state index contributed by atoms with van der Waals surface area (Å²) in [6.07, 6.45) is -3.77. The first-order valence-electron chi connectivity index (χ1n) is 10.6. The molecule has 0 spiro atoms. The molecule has 2 aromatic carbocycles. The zero-order valence-electron chi connectivity index (χ0n) is 17.8. The Hall–Kier alpha value is -3.04. The molecule has 1 aliphatic rings. The second-order valence-corrected chi connectivity index (χ2v) is 8.51. The molecule has 0 aliphatic carbocycles. The van der Waals surface area contributed by atoms with Crippen molar-refractivity contribution in [3.63, 3.8) is 0 Å². The van der Waals surface area contributed by atoms with Crippen molar-refractivity contribution in [1.29, 1.82) is 0 Å². The van der Waals surface area contributed by atoms with Gasteiger partial charge in [0.1, 0.15) is 35.9 Å². The second kappa shape index (κ2) is 8.72. The Morgan fingerprint density at radius 3 is 2.67 bits per heavy atom. The molecule has 0 unspecified atom stereocenters. The third-order valence-corrected chi connectivity index (χ3v) is 6.12. The third kappa shape index (κ3) is 4.18. The lowest BCUT2D eigenvalue weighted by molar-refractivity contribution is -0.0336. The number of imidazole rings is 1. The van der Waals surface area contributed by atoms with Gasteiger partial charge in [-0.3, -0.25) is 0 Å². The molecule has 5 rings (SSSR count). The lowest BCUT2D eigenvalue weighted by Gasteiger charge is -2.15. The highest BCUT2D eigenvalue weighted by Gasteiger charge is 2.43. The lowest BCUT2D eigenvalue weighted by atomic mass is 10.1. The molecular weight excluding hydrogens is 446 g/mol. The second-order valence-electron chi connectivity index (χ2n) is 8.13. The average Bonchev–Trinajstić information content (AvgIpc) is 3.27. The van der Waals surface area contributed by atoms with Crippen LogP contribution in [-0.2, 0) is 15.9 Å². The Morgan fingerprint density at radius 1 is 1.09 bits per heavy atom. The Balaban J connectivity index is 1.26. The molecule has 1 saturated heterocycles. The fourth-order valence-electron chi connectivity index (χ4n) is 4.17. The number of carbonyl (C=O) groups is 1. The van der Waals surface area contributed by atoms with E-state index in [9.17, 15) is 15.0 Å². The fourth-order valence-corrected chi connectivity index (χ4v) is 4.31. The van der Waals surface area contributed by atoms with Crippen LogP contribution in [-0.4, -0.2) is 61.8 Å². The van der Waals surface area contributed by atoms with E-state index in [1.165, 1.54) is 0 Å². The van der Waals surface area contributed by atoms with Gasteiger partial charge in [0.2, 0.25) is 0 Å². The predicted octanol–water partition coefficient (Wildman–Crippen LogP) is 2.73. The minimum absolute atomic E-state index is 0.189. The summed E-state index contributed by atoms with van der Waals surface area (Å²) in [4.78, 5) is 17.0. The van der Waals surface area contributed by atoms with Gasteiger partial charge in [-0.2, -0.15) is 5.10 Å². The van der Waals surface area contributed by atoms with Crippen molar-refractivity contribution in [3.05, 3.63) is 76.8 Å². The summed E-state index contributed by atoms with van der Waals surface area (Å²) in [6.45, 7) is 1.66. The van der Waals surface area contributed by atoms with Gasteiger partial charge in [0.05, 0.1) is 22.9 Å². The van der Waals surface area contributed by atoms with Crippen LogP contribution in [0.15, 0.2) is 54.6 Å². The molecule has 9 heteroatoms. The van der Waals surface area contributed by atoms with Crippen molar-refractivity contribution < 1.29 is 24.5 Å². The number of aliphatic hydroxyl groups excluding tert-OH is 2. The number of esters is 1. The Morgan fingerprint density at radius 2 is 1.85 bits per heavy atom. The van der Waals surface area contributed by atoms with Gasteiger partial charge in [0.25, 0.3) is 0 Å². The van der Waals surface area contributed by atoms with Crippen LogP contribution in [0.2, 0.25) is 5.15 Å². The summed E-state index contributed by atoms with van der Waals surface area (Å²) in [5.41, 5.74) is 1.96. The molecule has 1 aliphatic heterocycles. The average molecular weight is 468 g/mol. The van der Waals surface area contributed by atoms with E-state index < -0.39 is 30.4 Å². The van der Waals surface area contributed by atoms with E-state index >= 15 is 0 Å². The van der Waals surface area contributed by atoms with E-state index in [1.807, 2.05) is 43.3 Å². The number of aliphatic hydroxyl groups is 2. The number of hydrogen-bond donors (Lipinski definition) is 2. The summed E-state index contributed by atoms with van der Waals surface area (Å²) < 4.78 is 12.8. The summed E-state index contributed by atoms with van der Waals surface area (Å²) in [5, 5.41) is 27.5. The third-order valence-electron chi connectivity index (χ3n) is 5.92. The first kappa shape index (κ1) is 21.8. The molecule has 3 heterocycles. The molecule has 0 bridgehead atoms. The zero-order chi connectivity index (χ0) is 23.1. The molecule has 2 aromatic heterocycles. The van der Waals surface area contributed by atoms with Gasteiger partial charge in [0.15, 0.2) is 0 Å². The fraction of sp³-hybridized carbons (Fsp3) is 0.292. The maximum atomic E-state index is 12.5. The highest BCUT2D eigenvalue weighted by atomic mass is 35.5. The van der Waals surface area contributed by atoms with E-state index in [1.54, 1.807) is 22.7 Å². The number of halogens is 1. The highest BCUT2D eigenvalue weighted by Crippen LogP contribution is 2.26. The summed E-state index contributed by atoms with van der Waals surface area (Å²) in [5.74, 6) is 0.0262. The maximum absolute atomic E-state index is 12.5. The normalized spacial score (nSPS) is 22.8. The first-order chi connectivity index (χ1) is 15.9. The topological polar surface area (TPSA) is 106 Å². The molecule has 33 heavy (non-hydrogen) atoms. The van der Waals surface area contributed by atoms with E-state index in [-0.39, 0.29) is 13.0 Å². The van der Waals surface area contributed by atoms with Crippen LogP contribution in [0.3, 0.4) is 0 Å². The molecule has 170 valence electrons. The van der Waals surface area contributed by atoms with Crippen molar-refractivity contribution in [2.45, 2.75) is 37.8 Å². The SMILES string of the molecule is Cc1nc(C[C@@H]2O[C@H](COC(=O)c3ccc4ccccc4c3)[C@@H](O)[C@H]2O)n2nc(Cl)ccc12. The van der Waals surface area contributed by atoms with Crippen molar-refractivity contribution in [2.24, 2.45) is 0 Å². The van der Waals surface area contributed by atoms with Crippen LogP contribution in [0.1, 0.15) is 21.9 Å². The molecule has 0 radical (unpaired) electrons. The van der Waals surface area contributed by atoms with Crippen molar-refractivity contribution in [3.8, 4) is 0 Å². The molecule has 2 N–H and O–H groups in total. The van der Waals surface area contributed by atoms with Crippen molar-refractivity contribution in [2.75, 3.05) is 6.61 Å². The molecule has 0 amide bonds. The zero-order valence-corrected chi connectivity index (χ0v) is 18.5. The molecular formula is C24H22ClN3O5. The number of benzene rings is 2. The number of rotatable bonds is 5. The van der Waals surface area contributed by atoms with Gasteiger partial charge in [-0.05, 0) is 42.0 Å². The summed E-state index contributed by atoms with van der Waals surface area (Å²) >= 11 is 6.02. The van der Waals surface area contributed by atoms with Gasteiger partial charge < -0.3 is 19.7 Å². The molecule has 1 fully saturated rings. The lowest BCUT2D eigenvalue weighted by Crippen LogP contribution is -2.35. The largest absolute Gasteiger partial charge is 0.459 e. The van der Waals surface area contributed by atoms with Crippen LogP contribution in [0.25, 0.3) is 16.3 Å². The number of carbonyl (C=O) groups excluding carboxylic acids is 1. The Bertz CT molecular complexity index is 1340. The highest BCUT2D eigenvalue weighted by molar-refractivity contribution is 6.29. The Labute approximate surface area is 194 Å². The molecule has 4 aromatic rings. The van der Waals surface area contributed by atoms with Crippen LogP contribution < -0.4 is 0 Å². The van der Waals surface area contributed by atoms with Gasteiger partial charge in [-0.25, -0.2) is 14.3 Å². The monoisotopic (exact) mass is 467 g/mol. The maximum Gasteiger partial charge on any atom is 0.338 e. The van der Waals surface area contributed by atoms with Gasteiger partial charge in [0, 0.05) is 6.42 Å². The Kier molecular flexibility index (Phi) is 5.76. The first-order valence-corrected chi connectivity index (χ1v) is 11.0. The van der Waals surface area contributed by atoms with E-state index in [0.29, 0.717) is 16.5 Å². The standard InChI is InChI=1S/C24H22ClN3O5/c1-13-17-8-9-20(25)27-28(17)21(26-13)11-18-22(29)23(30)19(33-18)12-32-24(31)16-7-6-14-4-2-3-5-15(14)10-16/h2-10,18-19,22-23,29-30H,11-12H2,1H3/t18-,19+,22-,23+/m0/s1. The molecule has 8 nitrogen and oxygen atoms in total. The number of hydrogen-bond acceptors (Lipinski definition) is 7. The summed E-state index contributed by atoms with van der Waals surface area (Å²) in [6, 6.07) is 16.5. The van der Waals surface area contributed by atoms with Crippen LogP contribution in [0.5, 0.6) is 0 Å². The minimum atomic E-state index is -1.21. The van der Waals surface area contributed by atoms with Crippen molar-refractivity contribution >= 4 is 33.9 Å². The number of fused-ring (bicyclic) bond motifs is 2. The number of aryl methyl sites for hydroxylation is 1. The van der Waals surface area contributed by atoms with Gasteiger partial charge >= 0.3 is 5.97 Å². The number of nitrogens with zero attached hydrogens (tertiary/aromatic N) is 3. The number of aromatic nitrogens is 3. The van der Waals surface area contributed by atoms with E-state index in [2.05, 4.69) is 10.1 Å². The van der Waals surface area contributed by atoms with Crippen molar-refractivity contribution in [1.82, 2.24) is 14.6 Å². The number of ether oxygens (including phenoxy) is 2. The van der Waals surface area contributed by atoms with E-state index in [4.69, 9.17) is 21.1 Å². The van der Waals surface area contributed by atoms with Crippen LogP contribution in [0, 0.1) is 6.92 Å². The summed E-state index contributed by atoms with van der Waals surface area (Å²) in [7, 11) is 0. The minimum Gasteiger partial charge on any atom is -0.459 e.